The second-order valence-corrected chi connectivity index (χ2v) is 8.29. The Kier molecular flexibility index (Phi) is 4.58. The molecule has 142 valence electrons. The van der Waals surface area contributed by atoms with Gasteiger partial charge in [-0.1, -0.05) is 54.6 Å². The summed E-state index contributed by atoms with van der Waals surface area (Å²) >= 11 is 0. The minimum absolute atomic E-state index is 0.0878. The molecular weight excluding hydrogens is 378 g/mol. The summed E-state index contributed by atoms with van der Waals surface area (Å²) in [6.07, 6.45) is -0.764. The van der Waals surface area contributed by atoms with E-state index in [-0.39, 0.29) is 17.1 Å². The van der Waals surface area contributed by atoms with E-state index in [4.69, 9.17) is 0 Å². The number of hydrogen-bond donors (Lipinski definition) is 1. The minimum atomic E-state index is -3.81. The molecule has 1 N–H and O–H groups in total. The normalized spacial score (nSPS) is 18.1. The van der Waals surface area contributed by atoms with Gasteiger partial charge >= 0.3 is 0 Å². The van der Waals surface area contributed by atoms with E-state index in [9.17, 15) is 18.5 Å². The largest absolute Gasteiger partial charge is 0.364 e. The summed E-state index contributed by atoms with van der Waals surface area (Å²) in [5.41, 5.74) is 1.71. The molecule has 1 heterocycles. The highest BCUT2D eigenvalue weighted by atomic mass is 32.2. The molecule has 0 amide bonds. The SMILES string of the molecule is O=[N+]([O-])c1cccc(C2Nc3ccccc3S(=O)(=O)N2Cc2ccccc2)c1. The minimum Gasteiger partial charge on any atom is -0.364 e. The van der Waals surface area contributed by atoms with E-state index in [1.165, 1.54) is 16.4 Å². The molecule has 8 heteroatoms. The monoisotopic (exact) mass is 395 g/mol. The molecule has 0 spiro atoms. The van der Waals surface area contributed by atoms with Crippen LogP contribution in [0.3, 0.4) is 0 Å². The van der Waals surface area contributed by atoms with Gasteiger partial charge in [-0.15, -0.1) is 0 Å². The maximum atomic E-state index is 13.4. The molecule has 0 saturated carbocycles. The molecule has 3 aromatic rings. The first-order valence-electron chi connectivity index (χ1n) is 8.62. The highest BCUT2D eigenvalue weighted by Crippen LogP contribution is 2.39. The number of nitro groups is 1. The van der Waals surface area contributed by atoms with Gasteiger partial charge in [0, 0.05) is 18.7 Å². The lowest BCUT2D eigenvalue weighted by atomic mass is 10.1. The molecule has 4 rings (SSSR count). The Labute approximate surface area is 162 Å². The number of fused-ring (bicyclic) bond motifs is 1. The van der Waals surface area contributed by atoms with Gasteiger partial charge in [-0.3, -0.25) is 10.1 Å². The van der Waals surface area contributed by atoms with Crippen molar-refractivity contribution in [1.82, 2.24) is 4.31 Å². The van der Waals surface area contributed by atoms with Crippen LogP contribution in [0.15, 0.2) is 83.8 Å². The van der Waals surface area contributed by atoms with Gasteiger partial charge in [0.25, 0.3) is 5.69 Å². The van der Waals surface area contributed by atoms with E-state index in [1.54, 1.807) is 36.4 Å². The lowest BCUT2D eigenvalue weighted by Gasteiger charge is -2.37. The molecule has 7 nitrogen and oxygen atoms in total. The first kappa shape index (κ1) is 18.1. The van der Waals surface area contributed by atoms with E-state index in [0.29, 0.717) is 11.3 Å². The Balaban J connectivity index is 1.85. The van der Waals surface area contributed by atoms with E-state index in [1.807, 2.05) is 30.3 Å². The summed E-state index contributed by atoms with van der Waals surface area (Å²) < 4.78 is 28.1. The summed E-state index contributed by atoms with van der Waals surface area (Å²) in [6.45, 7) is 0.137. The van der Waals surface area contributed by atoms with Crippen LogP contribution in [-0.2, 0) is 16.6 Å². The van der Waals surface area contributed by atoms with Crippen LogP contribution in [0, 0.1) is 10.1 Å². The van der Waals surface area contributed by atoms with Crippen LogP contribution in [0.1, 0.15) is 17.3 Å². The molecule has 1 unspecified atom stereocenters. The number of benzene rings is 3. The van der Waals surface area contributed by atoms with E-state index < -0.39 is 21.1 Å². The van der Waals surface area contributed by atoms with Crippen LogP contribution in [0.2, 0.25) is 0 Å². The molecule has 3 aromatic carbocycles. The summed E-state index contributed by atoms with van der Waals surface area (Å²) in [4.78, 5) is 10.9. The Morgan fingerprint density at radius 3 is 2.43 bits per heavy atom. The maximum absolute atomic E-state index is 13.4. The van der Waals surface area contributed by atoms with Crippen molar-refractivity contribution in [2.45, 2.75) is 17.6 Å². The highest BCUT2D eigenvalue weighted by Gasteiger charge is 2.39. The summed E-state index contributed by atoms with van der Waals surface area (Å²) in [5.74, 6) is 0. The van der Waals surface area contributed by atoms with Crippen LogP contribution in [0.25, 0.3) is 0 Å². The van der Waals surface area contributed by atoms with Crippen LogP contribution >= 0.6 is 0 Å². The highest BCUT2D eigenvalue weighted by molar-refractivity contribution is 7.89. The lowest BCUT2D eigenvalue weighted by Crippen LogP contribution is -2.42. The fraction of sp³-hybridized carbons (Fsp3) is 0.100. The van der Waals surface area contributed by atoms with Crippen molar-refractivity contribution in [1.29, 1.82) is 0 Å². The zero-order valence-electron chi connectivity index (χ0n) is 14.7. The van der Waals surface area contributed by atoms with Crippen molar-refractivity contribution in [3.05, 3.63) is 100 Å². The van der Waals surface area contributed by atoms with Crippen molar-refractivity contribution < 1.29 is 13.3 Å². The lowest BCUT2D eigenvalue weighted by molar-refractivity contribution is -0.384. The average Bonchev–Trinajstić information content (AvgIpc) is 2.71. The number of nitrogens with one attached hydrogen (secondary N) is 1. The Bertz CT molecular complexity index is 1130. The van der Waals surface area contributed by atoms with Crippen molar-refractivity contribution >= 4 is 21.4 Å². The van der Waals surface area contributed by atoms with Crippen molar-refractivity contribution in [2.24, 2.45) is 0 Å². The summed E-state index contributed by atoms with van der Waals surface area (Å²) in [6, 6.07) is 21.9. The van der Waals surface area contributed by atoms with E-state index in [0.717, 1.165) is 5.56 Å². The smallest absolute Gasteiger partial charge is 0.269 e. The third-order valence-electron chi connectivity index (χ3n) is 4.63. The van der Waals surface area contributed by atoms with Gasteiger partial charge in [-0.2, -0.15) is 4.31 Å². The first-order chi connectivity index (χ1) is 13.5. The number of nitrogens with zero attached hydrogens (tertiary/aromatic N) is 2. The molecule has 1 atom stereocenters. The molecule has 0 saturated heterocycles. The average molecular weight is 395 g/mol. The number of anilines is 1. The van der Waals surface area contributed by atoms with Crippen molar-refractivity contribution in [3.63, 3.8) is 0 Å². The van der Waals surface area contributed by atoms with Gasteiger partial charge < -0.3 is 5.32 Å². The summed E-state index contributed by atoms with van der Waals surface area (Å²) in [7, 11) is -3.81. The van der Waals surface area contributed by atoms with Crippen LogP contribution < -0.4 is 5.32 Å². The second-order valence-electron chi connectivity index (χ2n) is 6.43. The van der Waals surface area contributed by atoms with Crippen molar-refractivity contribution in [3.8, 4) is 0 Å². The zero-order valence-corrected chi connectivity index (χ0v) is 15.5. The van der Waals surface area contributed by atoms with Gasteiger partial charge in [-0.05, 0) is 23.3 Å². The number of para-hydroxylation sites is 1. The van der Waals surface area contributed by atoms with E-state index >= 15 is 0 Å². The fourth-order valence-electron chi connectivity index (χ4n) is 3.29. The molecule has 28 heavy (non-hydrogen) atoms. The number of rotatable bonds is 4. The molecular formula is C20H17N3O4S. The predicted octanol–water partition coefficient (Wildman–Crippen LogP) is 3.91. The molecule has 0 aliphatic carbocycles. The van der Waals surface area contributed by atoms with Gasteiger partial charge in [0.2, 0.25) is 10.0 Å². The van der Waals surface area contributed by atoms with Gasteiger partial charge in [0.05, 0.1) is 10.6 Å². The fourth-order valence-corrected chi connectivity index (χ4v) is 4.97. The van der Waals surface area contributed by atoms with E-state index in [2.05, 4.69) is 5.32 Å². The van der Waals surface area contributed by atoms with Crippen LogP contribution in [-0.4, -0.2) is 17.6 Å². The number of sulfonamides is 1. The third kappa shape index (κ3) is 3.23. The molecule has 1 aliphatic rings. The first-order valence-corrected chi connectivity index (χ1v) is 10.1. The standard InChI is InChI=1S/C20H17N3O4S/c24-23(25)17-10-6-9-16(13-17)20-21-18-11-4-5-12-19(18)28(26,27)22(20)14-15-7-2-1-3-8-15/h1-13,20-21H,14H2. The number of non-ortho nitro benzene ring substituents is 1. The number of nitro benzene ring substituents is 1. The van der Waals surface area contributed by atoms with Crippen molar-refractivity contribution in [2.75, 3.05) is 5.32 Å². The predicted molar refractivity (Wildman–Crippen MR) is 105 cm³/mol. The Hall–Kier alpha value is -3.23. The zero-order chi connectivity index (χ0) is 19.7. The molecule has 0 aromatic heterocycles. The third-order valence-corrected chi connectivity index (χ3v) is 6.50. The molecule has 0 bridgehead atoms. The summed E-state index contributed by atoms with van der Waals surface area (Å²) in [5, 5.41) is 14.4. The Morgan fingerprint density at radius 1 is 0.964 bits per heavy atom. The molecule has 0 radical (unpaired) electrons. The van der Waals surface area contributed by atoms with Crippen LogP contribution in [0.4, 0.5) is 11.4 Å². The number of hydrogen-bond acceptors (Lipinski definition) is 5. The Morgan fingerprint density at radius 2 is 1.68 bits per heavy atom. The second kappa shape index (κ2) is 7.06. The van der Waals surface area contributed by atoms with Crippen LogP contribution in [0.5, 0.6) is 0 Å². The molecule has 0 fully saturated rings. The molecule has 1 aliphatic heterocycles. The van der Waals surface area contributed by atoms with Gasteiger partial charge in [-0.25, -0.2) is 8.42 Å². The topological polar surface area (TPSA) is 92.5 Å². The maximum Gasteiger partial charge on any atom is 0.269 e. The quantitative estimate of drug-likeness (QED) is 0.534. The van der Waals surface area contributed by atoms with Gasteiger partial charge in [0.1, 0.15) is 11.1 Å². The van der Waals surface area contributed by atoms with Gasteiger partial charge in [0.15, 0.2) is 0 Å².